The minimum absolute atomic E-state index is 0.242. The lowest BCUT2D eigenvalue weighted by atomic mass is 10.2. The van der Waals surface area contributed by atoms with Gasteiger partial charge in [-0.15, -0.1) is 0 Å². The van der Waals surface area contributed by atoms with Gasteiger partial charge in [-0.25, -0.2) is 4.79 Å². The molecule has 0 bridgehead atoms. The maximum atomic E-state index is 11.3. The van der Waals surface area contributed by atoms with E-state index in [0.29, 0.717) is 18.1 Å². The van der Waals surface area contributed by atoms with Gasteiger partial charge < -0.3 is 14.4 Å². The number of carbonyl (C=O) groups is 1. The maximum Gasteiger partial charge on any atom is 0.341 e. The largest absolute Gasteiger partial charge is 0.477 e. The van der Waals surface area contributed by atoms with Crippen molar-refractivity contribution in [1.29, 1.82) is 0 Å². The van der Waals surface area contributed by atoms with Gasteiger partial charge in [0.25, 0.3) is 0 Å². The molecule has 6 heteroatoms. The van der Waals surface area contributed by atoms with E-state index in [4.69, 9.17) is 4.42 Å². The van der Waals surface area contributed by atoms with E-state index in [1.54, 1.807) is 24.9 Å². The highest BCUT2D eigenvalue weighted by Gasteiger charge is 2.22. The lowest BCUT2D eigenvalue weighted by molar-refractivity contribution is 0.0696. The maximum absolute atomic E-state index is 11.3. The summed E-state index contributed by atoms with van der Waals surface area (Å²) in [5.41, 5.74) is 1.78. The monoisotopic (exact) mass is 263 g/mol. The number of anilines is 1. The number of carboxylic acid groups (broad SMARTS) is 1. The summed E-state index contributed by atoms with van der Waals surface area (Å²) < 4.78 is 6.84. The molecule has 6 nitrogen and oxygen atoms in total. The molecular formula is C13H17N3O3. The number of aryl methyl sites for hydroxylation is 3. The third-order valence-electron chi connectivity index (χ3n) is 3.14. The van der Waals surface area contributed by atoms with Crippen LogP contribution in [-0.4, -0.2) is 27.9 Å². The molecule has 2 aromatic heterocycles. The Bertz CT molecular complexity index is 613. The van der Waals surface area contributed by atoms with Gasteiger partial charge in [-0.05, 0) is 19.9 Å². The van der Waals surface area contributed by atoms with Gasteiger partial charge in [0.2, 0.25) is 0 Å². The van der Waals surface area contributed by atoms with Crippen molar-refractivity contribution < 1.29 is 14.3 Å². The molecule has 0 aliphatic carbocycles. The van der Waals surface area contributed by atoms with Crippen molar-refractivity contribution in [2.24, 2.45) is 7.05 Å². The molecule has 1 N–H and O–H groups in total. The van der Waals surface area contributed by atoms with Crippen LogP contribution in [0.2, 0.25) is 0 Å². The van der Waals surface area contributed by atoms with Crippen molar-refractivity contribution in [3.63, 3.8) is 0 Å². The van der Waals surface area contributed by atoms with E-state index < -0.39 is 5.97 Å². The molecule has 0 spiro atoms. The standard InChI is InChI=1S/C13H17N3O3/c1-8-11(13(17)18)12(16(4)14-8)15(3)7-10-5-6-19-9(10)2/h5-6H,7H2,1-4H3,(H,17,18). The molecule has 2 rings (SSSR count). The SMILES string of the molecule is Cc1nn(C)c(N(C)Cc2ccoc2C)c1C(=O)O. The highest BCUT2D eigenvalue weighted by atomic mass is 16.4. The number of hydrogen-bond donors (Lipinski definition) is 1. The van der Waals surface area contributed by atoms with Crippen LogP contribution in [0.15, 0.2) is 16.7 Å². The summed E-state index contributed by atoms with van der Waals surface area (Å²) in [4.78, 5) is 13.2. The number of carboxylic acids is 1. The van der Waals surface area contributed by atoms with Crippen molar-refractivity contribution >= 4 is 11.8 Å². The van der Waals surface area contributed by atoms with E-state index in [-0.39, 0.29) is 5.56 Å². The molecule has 2 aromatic rings. The molecule has 0 unspecified atom stereocenters. The number of nitrogens with zero attached hydrogens (tertiary/aromatic N) is 3. The molecule has 0 atom stereocenters. The van der Waals surface area contributed by atoms with Gasteiger partial charge in [0, 0.05) is 26.2 Å². The molecule has 0 aliphatic rings. The molecule has 0 aromatic carbocycles. The van der Waals surface area contributed by atoms with Crippen LogP contribution in [0, 0.1) is 13.8 Å². The van der Waals surface area contributed by atoms with E-state index in [1.807, 2.05) is 24.9 Å². The number of furan rings is 1. The Balaban J connectivity index is 2.36. The van der Waals surface area contributed by atoms with Crippen LogP contribution in [0.1, 0.15) is 27.4 Å². The molecule has 0 amide bonds. The number of aromatic carboxylic acids is 1. The summed E-state index contributed by atoms with van der Waals surface area (Å²) in [6.07, 6.45) is 1.63. The fourth-order valence-corrected chi connectivity index (χ4v) is 2.24. The minimum atomic E-state index is -0.962. The van der Waals surface area contributed by atoms with Gasteiger partial charge in [-0.3, -0.25) is 4.68 Å². The van der Waals surface area contributed by atoms with Crippen LogP contribution in [0.25, 0.3) is 0 Å². The zero-order chi connectivity index (χ0) is 14.2. The number of rotatable bonds is 4. The molecule has 102 valence electrons. The van der Waals surface area contributed by atoms with Gasteiger partial charge in [0.15, 0.2) is 0 Å². The lowest BCUT2D eigenvalue weighted by Crippen LogP contribution is -2.21. The fraction of sp³-hybridized carbons (Fsp3) is 0.385. The molecule has 0 saturated carbocycles. The first kappa shape index (κ1) is 13.2. The average molecular weight is 263 g/mol. The quantitative estimate of drug-likeness (QED) is 0.913. The van der Waals surface area contributed by atoms with E-state index in [1.165, 1.54) is 0 Å². The van der Waals surface area contributed by atoms with Crippen LogP contribution >= 0.6 is 0 Å². The third-order valence-corrected chi connectivity index (χ3v) is 3.14. The van der Waals surface area contributed by atoms with Crippen molar-refractivity contribution in [2.45, 2.75) is 20.4 Å². The normalized spacial score (nSPS) is 10.7. The molecule has 0 fully saturated rings. The molecule has 0 radical (unpaired) electrons. The molecule has 2 heterocycles. The van der Waals surface area contributed by atoms with Crippen molar-refractivity contribution in [1.82, 2.24) is 9.78 Å². The van der Waals surface area contributed by atoms with Crippen LogP contribution in [0.4, 0.5) is 5.82 Å². The molecular weight excluding hydrogens is 246 g/mol. The van der Waals surface area contributed by atoms with Crippen LogP contribution in [-0.2, 0) is 13.6 Å². The van der Waals surface area contributed by atoms with E-state index in [9.17, 15) is 9.90 Å². The summed E-state index contributed by atoms with van der Waals surface area (Å²) in [5.74, 6) is 0.463. The topological polar surface area (TPSA) is 71.5 Å². The highest BCUT2D eigenvalue weighted by molar-refractivity contribution is 5.94. The lowest BCUT2D eigenvalue weighted by Gasteiger charge is -2.19. The number of hydrogen-bond acceptors (Lipinski definition) is 4. The van der Waals surface area contributed by atoms with Gasteiger partial charge in [0.1, 0.15) is 17.1 Å². The Hall–Kier alpha value is -2.24. The third kappa shape index (κ3) is 2.33. The first-order valence-electron chi connectivity index (χ1n) is 5.92. The van der Waals surface area contributed by atoms with Gasteiger partial charge in [0.05, 0.1) is 12.0 Å². The van der Waals surface area contributed by atoms with E-state index in [2.05, 4.69) is 5.10 Å². The van der Waals surface area contributed by atoms with Crippen LogP contribution in [0.3, 0.4) is 0 Å². The second-order valence-electron chi connectivity index (χ2n) is 4.57. The first-order chi connectivity index (χ1) is 8.91. The first-order valence-corrected chi connectivity index (χ1v) is 5.92. The summed E-state index contributed by atoms with van der Waals surface area (Å²) >= 11 is 0. The van der Waals surface area contributed by atoms with Crippen molar-refractivity contribution in [2.75, 3.05) is 11.9 Å². The zero-order valence-corrected chi connectivity index (χ0v) is 11.5. The number of aromatic nitrogens is 2. The van der Waals surface area contributed by atoms with Crippen molar-refractivity contribution in [3.8, 4) is 0 Å². The molecule has 0 aliphatic heterocycles. The Morgan fingerprint density at radius 2 is 2.21 bits per heavy atom. The van der Waals surface area contributed by atoms with Crippen LogP contribution < -0.4 is 4.90 Å². The molecule has 19 heavy (non-hydrogen) atoms. The highest BCUT2D eigenvalue weighted by Crippen LogP contribution is 2.24. The summed E-state index contributed by atoms with van der Waals surface area (Å²) in [7, 11) is 3.59. The van der Waals surface area contributed by atoms with Crippen LogP contribution in [0.5, 0.6) is 0 Å². The Morgan fingerprint density at radius 3 is 2.74 bits per heavy atom. The second-order valence-corrected chi connectivity index (χ2v) is 4.57. The van der Waals surface area contributed by atoms with Crippen molar-refractivity contribution in [3.05, 3.63) is 34.9 Å². The Morgan fingerprint density at radius 1 is 1.53 bits per heavy atom. The van der Waals surface area contributed by atoms with Gasteiger partial charge in [-0.2, -0.15) is 5.10 Å². The Kier molecular flexibility index (Phi) is 3.33. The van der Waals surface area contributed by atoms with E-state index >= 15 is 0 Å². The molecule has 0 saturated heterocycles. The average Bonchev–Trinajstić information content (AvgIpc) is 2.82. The fourth-order valence-electron chi connectivity index (χ4n) is 2.24. The smallest absolute Gasteiger partial charge is 0.341 e. The Labute approximate surface area is 111 Å². The second kappa shape index (κ2) is 4.79. The predicted molar refractivity (Wildman–Crippen MR) is 70.5 cm³/mol. The van der Waals surface area contributed by atoms with Gasteiger partial charge in [-0.1, -0.05) is 0 Å². The zero-order valence-electron chi connectivity index (χ0n) is 11.5. The summed E-state index contributed by atoms with van der Waals surface area (Å²) in [5, 5.41) is 13.5. The predicted octanol–water partition coefficient (Wildman–Crippen LogP) is 1.96. The summed E-state index contributed by atoms with van der Waals surface area (Å²) in [6, 6.07) is 1.88. The minimum Gasteiger partial charge on any atom is -0.477 e. The van der Waals surface area contributed by atoms with Gasteiger partial charge >= 0.3 is 5.97 Å². The van der Waals surface area contributed by atoms with E-state index in [0.717, 1.165) is 11.3 Å². The summed E-state index contributed by atoms with van der Waals surface area (Å²) in [6.45, 7) is 4.15.